The Kier molecular flexibility index (Phi) is 4.84. The molecule has 0 aliphatic heterocycles. The van der Waals surface area contributed by atoms with Crippen molar-refractivity contribution in [3.63, 3.8) is 0 Å². The van der Waals surface area contributed by atoms with Gasteiger partial charge in [-0.15, -0.1) is 11.8 Å². The number of anilines is 1. The van der Waals surface area contributed by atoms with Crippen molar-refractivity contribution in [3.05, 3.63) is 53.6 Å². The van der Waals surface area contributed by atoms with E-state index in [2.05, 4.69) is 51.1 Å². The Morgan fingerprint density at radius 1 is 1.05 bits per heavy atom. The third kappa shape index (κ3) is 4.18. The molecule has 0 heterocycles. The Bertz CT molecular complexity index is 600. The molecule has 2 aromatic rings. The van der Waals surface area contributed by atoms with Crippen LogP contribution in [0.1, 0.15) is 31.9 Å². The second-order valence-electron chi connectivity index (χ2n) is 6.14. The zero-order valence-corrected chi connectivity index (χ0v) is 14.0. The number of nitrogen functional groups attached to an aromatic ring is 1. The zero-order chi connectivity index (χ0) is 15.5. The molecule has 112 valence electrons. The normalized spacial score (nSPS) is 11.4. The fourth-order valence-corrected chi connectivity index (χ4v) is 2.93. The van der Waals surface area contributed by atoms with Gasteiger partial charge < -0.3 is 10.5 Å². The van der Waals surface area contributed by atoms with E-state index in [0.29, 0.717) is 5.69 Å². The molecular formula is C18H23NOS. The smallest absolute Gasteiger partial charge is 0.141 e. The summed E-state index contributed by atoms with van der Waals surface area (Å²) in [6, 6.07) is 14.8. The number of rotatable bonds is 4. The number of hydrogen-bond donors (Lipinski definition) is 1. The van der Waals surface area contributed by atoms with E-state index < -0.39 is 0 Å². The van der Waals surface area contributed by atoms with Gasteiger partial charge in [0.1, 0.15) is 5.75 Å². The number of ether oxygens (including phenoxy) is 1. The molecular weight excluding hydrogens is 278 g/mol. The Morgan fingerprint density at radius 3 is 2.24 bits per heavy atom. The van der Waals surface area contributed by atoms with Crippen LogP contribution in [0.5, 0.6) is 5.75 Å². The van der Waals surface area contributed by atoms with Crippen LogP contribution in [0.4, 0.5) is 5.69 Å². The van der Waals surface area contributed by atoms with E-state index in [4.69, 9.17) is 10.5 Å². The van der Waals surface area contributed by atoms with Gasteiger partial charge in [0.15, 0.2) is 0 Å². The maximum absolute atomic E-state index is 5.93. The van der Waals surface area contributed by atoms with Gasteiger partial charge in [-0.2, -0.15) is 0 Å². The van der Waals surface area contributed by atoms with Crippen LogP contribution >= 0.6 is 11.8 Å². The molecule has 0 aliphatic carbocycles. The topological polar surface area (TPSA) is 35.2 Å². The maximum Gasteiger partial charge on any atom is 0.141 e. The van der Waals surface area contributed by atoms with E-state index in [1.54, 1.807) is 7.11 Å². The Morgan fingerprint density at radius 2 is 1.71 bits per heavy atom. The van der Waals surface area contributed by atoms with Gasteiger partial charge in [0.2, 0.25) is 0 Å². The van der Waals surface area contributed by atoms with Crippen molar-refractivity contribution in [2.24, 2.45) is 0 Å². The monoisotopic (exact) mass is 301 g/mol. The van der Waals surface area contributed by atoms with Crippen LogP contribution in [-0.2, 0) is 11.2 Å². The number of nitrogens with two attached hydrogens (primary N) is 1. The maximum atomic E-state index is 5.93. The SMILES string of the molecule is COc1ccc(CSc2ccc(C(C)(C)C)cc2)cc1N. The lowest BCUT2D eigenvalue weighted by molar-refractivity contribution is 0.417. The van der Waals surface area contributed by atoms with Crippen LogP contribution in [0.15, 0.2) is 47.4 Å². The summed E-state index contributed by atoms with van der Waals surface area (Å²) in [7, 11) is 1.64. The summed E-state index contributed by atoms with van der Waals surface area (Å²) in [5, 5.41) is 0. The highest BCUT2D eigenvalue weighted by molar-refractivity contribution is 7.98. The summed E-state index contributed by atoms with van der Waals surface area (Å²) in [5.41, 5.74) is 9.40. The van der Waals surface area contributed by atoms with Crippen LogP contribution < -0.4 is 10.5 Å². The molecule has 0 unspecified atom stereocenters. The fraction of sp³-hybridized carbons (Fsp3) is 0.333. The van der Waals surface area contributed by atoms with E-state index >= 15 is 0 Å². The van der Waals surface area contributed by atoms with Crippen molar-refractivity contribution >= 4 is 17.4 Å². The first-order chi connectivity index (χ1) is 9.90. The van der Waals surface area contributed by atoms with E-state index in [0.717, 1.165) is 11.5 Å². The van der Waals surface area contributed by atoms with Crippen molar-refractivity contribution in [2.45, 2.75) is 36.8 Å². The third-order valence-electron chi connectivity index (χ3n) is 3.42. The van der Waals surface area contributed by atoms with Gasteiger partial charge in [-0.1, -0.05) is 39.0 Å². The first-order valence-electron chi connectivity index (χ1n) is 7.06. The van der Waals surface area contributed by atoms with Gasteiger partial charge in [0.05, 0.1) is 12.8 Å². The fourth-order valence-electron chi connectivity index (χ4n) is 2.09. The van der Waals surface area contributed by atoms with Crippen LogP contribution in [0.25, 0.3) is 0 Å². The van der Waals surface area contributed by atoms with Gasteiger partial charge in [-0.05, 0) is 40.8 Å². The molecule has 2 rings (SSSR count). The number of benzene rings is 2. The molecule has 0 fully saturated rings. The van der Waals surface area contributed by atoms with Gasteiger partial charge in [0, 0.05) is 10.6 Å². The van der Waals surface area contributed by atoms with Crippen LogP contribution in [-0.4, -0.2) is 7.11 Å². The Balaban J connectivity index is 2.01. The molecule has 3 heteroatoms. The Hall–Kier alpha value is -1.61. The summed E-state index contributed by atoms with van der Waals surface area (Å²) < 4.78 is 5.18. The van der Waals surface area contributed by atoms with Gasteiger partial charge in [-0.3, -0.25) is 0 Å². The number of thioether (sulfide) groups is 1. The highest BCUT2D eigenvalue weighted by Crippen LogP contribution is 2.29. The summed E-state index contributed by atoms with van der Waals surface area (Å²) in [5.74, 6) is 1.64. The largest absolute Gasteiger partial charge is 0.495 e. The van der Waals surface area contributed by atoms with Gasteiger partial charge >= 0.3 is 0 Å². The molecule has 0 saturated carbocycles. The van der Waals surface area contributed by atoms with E-state index in [1.165, 1.54) is 16.0 Å². The molecule has 0 bridgehead atoms. The highest BCUT2D eigenvalue weighted by atomic mass is 32.2. The molecule has 2 nitrogen and oxygen atoms in total. The van der Waals surface area contributed by atoms with Crippen molar-refractivity contribution in [1.82, 2.24) is 0 Å². The zero-order valence-electron chi connectivity index (χ0n) is 13.1. The molecule has 0 amide bonds. The van der Waals surface area contributed by atoms with E-state index in [1.807, 2.05) is 23.9 Å². The van der Waals surface area contributed by atoms with Crippen LogP contribution in [0.3, 0.4) is 0 Å². The molecule has 0 aliphatic rings. The molecule has 0 atom stereocenters. The minimum Gasteiger partial charge on any atom is -0.495 e. The summed E-state index contributed by atoms with van der Waals surface area (Å²) in [6.45, 7) is 6.69. The molecule has 2 aromatic carbocycles. The standard InChI is InChI=1S/C18H23NOS/c1-18(2,3)14-6-8-15(9-7-14)21-12-13-5-10-17(20-4)16(19)11-13/h5-11H,12,19H2,1-4H3. The van der Waals surface area contributed by atoms with Gasteiger partial charge in [-0.25, -0.2) is 0 Å². The second kappa shape index (κ2) is 6.44. The molecule has 2 N–H and O–H groups in total. The van der Waals surface area contributed by atoms with Crippen LogP contribution in [0, 0.1) is 0 Å². The minimum atomic E-state index is 0.202. The van der Waals surface area contributed by atoms with Crippen molar-refractivity contribution in [2.75, 3.05) is 12.8 Å². The second-order valence-corrected chi connectivity index (χ2v) is 7.19. The molecule has 0 spiro atoms. The summed E-state index contributed by atoms with van der Waals surface area (Å²) in [4.78, 5) is 1.28. The highest BCUT2D eigenvalue weighted by Gasteiger charge is 2.12. The average molecular weight is 301 g/mol. The lowest BCUT2D eigenvalue weighted by Crippen LogP contribution is -2.10. The number of methoxy groups -OCH3 is 1. The first-order valence-corrected chi connectivity index (χ1v) is 8.04. The predicted molar refractivity (Wildman–Crippen MR) is 92.1 cm³/mol. The third-order valence-corrected chi connectivity index (χ3v) is 4.50. The van der Waals surface area contributed by atoms with Crippen molar-refractivity contribution in [3.8, 4) is 5.75 Å². The summed E-state index contributed by atoms with van der Waals surface area (Å²) in [6.07, 6.45) is 0. The van der Waals surface area contributed by atoms with E-state index in [-0.39, 0.29) is 5.41 Å². The minimum absolute atomic E-state index is 0.202. The first kappa shape index (κ1) is 15.8. The van der Waals surface area contributed by atoms with Crippen molar-refractivity contribution < 1.29 is 4.74 Å². The quantitative estimate of drug-likeness (QED) is 0.646. The van der Waals surface area contributed by atoms with Crippen LogP contribution in [0.2, 0.25) is 0 Å². The van der Waals surface area contributed by atoms with E-state index in [9.17, 15) is 0 Å². The number of hydrogen-bond acceptors (Lipinski definition) is 3. The predicted octanol–water partition coefficient (Wildman–Crippen LogP) is 4.87. The lowest BCUT2D eigenvalue weighted by Gasteiger charge is -2.19. The Labute approximate surface area is 131 Å². The molecule has 0 saturated heterocycles. The summed E-state index contributed by atoms with van der Waals surface area (Å²) >= 11 is 1.82. The molecule has 0 radical (unpaired) electrons. The van der Waals surface area contributed by atoms with Gasteiger partial charge in [0.25, 0.3) is 0 Å². The molecule has 0 aromatic heterocycles. The lowest BCUT2D eigenvalue weighted by atomic mass is 9.87. The van der Waals surface area contributed by atoms with Crippen molar-refractivity contribution in [1.29, 1.82) is 0 Å². The average Bonchev–Trinajstić information content (AvgIpc) is 2.45. The molecule has 21 heavy (non-hydrogen) atoms.